The summed E-state index contributed by atoms with van der Waals surface area (Å²) in [6.07, 6.45) is 3.51. The maximum Gasteiger partial charge on any atom is 0.150 e. The van der Waals surface area contributed by atoms with E-state index in [1.807, 2.05) is 24.3 Å². The van der Waals surface area contributed by atoms with Gasteiger partial charge in [0.05, 0.1) is 6.04 Å². The van der Waals surface area contributed by atoms with Crippen molar-refractivity contribution in [2.75, 3.05) is 6.54 Å². The normalized spacial score (nSPS) is 19.9. The SMILES string of the molecule is O=C(CCc1cccc(Cl)c1)C1CCCN1. The van der Waals surface area contributed by atoms with Crippen LogP contribution in [0.1, 0.15) is 24.8 Å². The molecular weight excluding hydrogens is 222 g/mol. The molecule has 2 rings (SSSR count). The van der Waals surface area contributed by atoms with Gasteiger partial charge in [-0.15, -0.1) is 0 Å². The maximum absolute atomic E-state index is 11.8. The molecule has 0 bridgehead atoms. The minimum atomic E-state index is 0.0965. The smallest absolute Gasteiger partial charge is 0.150 e. The topological polar surface area (TPSA) is 29.1 Å². The van der Waals surface area contributed by atoms with E-state index in [1.54, 1.807) is 0 Å². The first-order chi connectivity index (χ1) is 7.75. The lowest BCUT2D eigenvalue weighted by Crippen LogP contribution is -2.30. The number of ketones is 1. The molecule has 3 heteroatoms. The second-order valence-electron chi connectivity index (χ2n) is 4.25. The highest BCUT2D eigenvalue weighted by atomic mass is 35.5. The van der Waals surface area contributed by atoms with Crippen molar-refractivity contribution in [3.8, 4) is 0 Å². The molecule has 1 saturated heterocycles. The van der Waals surface area contributed by atoms with Gasteiger partial charge in [0.2, 0.25) is 0 Å². The molecule has 0 radical (unpaired) electrons. The van der Waals surface area contributed by atoms with Crippen LogP contribution in [0.5, 0.6) is 0 Å². The van der Waals surface area contributed by atoms with Crippen molar-refractivity contribution in [3.05, 3.63) is 34.9 Å². The Labute approximate surface area is 101 Å². The molecule has 1 unspecified atom stereocenters. The first-order valence-electron chi connectivity index (χ1n) is 5.76. The van der Waals surface area contributed by atoms with Gasteiger partial charge in [-0.2, -0.15) is 0 Å². The quantitative estimate of drug-likeness (QED) is 0.872. The third kappa shape index (κ3) is 3.06. The molecule has 1 aliphatic heterocycles. The van der Waals surface area contributed by atoms with E-state index in [4.69, 9.17) is 11.6 Å². The Kier molecular flexibility index (Phi) is 3.97. The molecule has 0 spiro atoms. The Hall–Kier alpha value is -0.860. The van der Waals surface area contributed by atoms with Crippen LogP contribution in [-0.4, -0.2) is 18.4 Å². The molecule has 2 nitrogen and oxygen atoms in total. The zero-order chi connectivity index (χ0) is 11.4. The van der Waals surface area contributed by atoms with Gasteiger partial charge >= 0.3 is 0 Å². The van der Waals surface area contributed by atoms with Crippen molar-refractivity contribution in [2.24, 2.45) is 0 Å². The van der Waals surface area contributed by atoms with E-state index in [9.17, 15) is 4.79 Å². The molecular formula is C13H16ClNO. The summed E-state index contributed by atoms with van der Waals surface area (Å²) in [5.41, 5.74) is 1.14. The Morgan fingerprint density at radius 3 is 3.06 bits per heavy atom. The van der Waals surface area contributed by atoms with Crippen LogP contribution in [0.25, 0.3) is 0 Å². The molecule has 0 saturated carbocycles. The lowest BCUT2D eigenvalue weighted by atomic mass is 10.0. The van der Waals surface area contributed by atoms with Gasteiger partial charge in [0, 0.05) is 11.4 Å². The summed E-state index contributed by atoms with van der Waals surface area (Å²) in [5.74, 6) is 0.331. The fourth-order valence-corrected chi connectivity index (χ4v) is 2.31. The Morgan fingerprint density at radius 2 is 2.38 bits per heavy atom. The number of nitrogens with one attached hydrogen (secondary N) is 1. The number of Topliss-reactive ketones (excluding diaryl/α,β-unsaturated/α-hetero) is 1. The Morgan fingerprint density at radius 1 is 1.50 bits per heavy atom. The van der Waals surface area contributed by atoms with E-state index in [1.165, 1.54) is 0 Å². The minimum Gasteiger partial charge on any atom is -0.307 e. The second-order valence-corrected chi connectivity index (χ2v) is 4.68. The minimum absolute atomic E-state index is 0.0965. The fraction of sp³-hybridized carbons (Fsp3) is 0.462. The average Bonchev–Trinajstić information content (AvgIpc) is 2.79. The number of hydrogen-bond acceptors (Lipinski definition) is 2. The summed E-state index contributed by atoms with van der Waals surface area (Å²) in [5, 5.41) is 3.97. The van der Waals surface area contributed by atoms with Crippen LogP contribution in [-0.2, 0) is 11.2 Å². The van der Waals surface area contributed by atoms with E-state index in [0.29, 0.717) is 12.2 Å². The van der Waals surface area contributed by atoms with Gasteiger partial charge in [-0.25, -0.2) is 0 Å². The monoisotopic (exact) mass is 237 g/mol. The zero-order valence-electron chi connectivity index (χ0n) is 9.21. The number of benzene rings is 1. The van der Waals surface area contributed by atoms with Crippen LogP contribution in [0.15, 0.2) is 24.3 Å². The summed E-state index contributed by atoms with van der Waals surface area (Å²) in [4.78, 5) is 11.8. The molecule has 16 heavy (non-hydrogen) atoms. The highest BCUT2D eigenvalue weighted by molar-refractivity contribution is 6.30. The van der Waals surface area contributed by atoms with Gasteiger partial charge < -0.3 is 5.32 Å². The predicted octanol–water partition coefficient (Wildman–Crippen LogP) is 2.59. The van der Waals surface area contributed by atoms with Gasteiger partial charge in [-0.3, -0.25) is 4.79 Å². The first-order valence-corrected chi connectivity index (χ1v) is 6.14. The molecule has 1 aromatic carbocycles. The summed E-state index contributed by atoms with van der Waals surface area (Å²) in [7, 11) is 0. The van der Waals surface area contributed by atoms with E-state index >= 15 is 0 Å². The highest BCUT2D eigenvalue weighted by Gasteiger charge is 2.21. The molecule has 1 N–H and O–H groups in total. The molecule has 1 fully saturated rings. The number of halogens is 1. The molecule has 1 atom stereocenters. The summed E-state index contributed by atoms with van der Waals surface area (Å²) in [6, 6.07) is 7.82. The average molecular weight is 238 g/mol. The largest absolute Gasteiger partial charge is 0.307 e. The second kappa shape index (κ2) is 5.46. The van der Waals surface area contributed by atoms with E-state index < -0.39 is 0 Å². The van der Waals surface area contributed by atoms with Crippen molar-refractivity contribution < 1.29 is 4.79 Å². The number of carbonyl (C=O) groups excluding carboxylic acids is 1. The number of rotatable bonds is 4. The summed E-state index contributed by atoms with van der Waals surface area (Å²) in [6.45, 7) is 0.980. The molecule has 0 aliphatic carbocycles. The van der Waals surface area contributed by atoms with Crippen molar-refractivity contribution in [3.63, 3.8) is 0 Å². The molecule has 0 amide bonds. The molecule has 86 valence electrons. The van der Waals surface area contributed by atoms with Gasteiger partial charge in [-0.05, 0) is 43.5 Å². The number of carbonyl (C=O) groups is 1. The zero-order valence-corrected chi connectivity index (χ0v) is 9.96. The van der Waals surface area contributed by atoms with Crippen LogP contribution < -0.4 is 5.32 Å². The standard InChI is InChI=1S/C13H16ClNO/c14-11-4-1-3-10(9-11)6-7-13(16)12-5-2-8-15-12/h1,3-4,9,12,15H,2,5-8H2. The Bertz CT molecular complexity index is 372. The third-order valence-corrected chi connectivity index (χ3v) is 3.23. The third-order valence-electron chi connectivity index (χ3n) is 3.00. The molecule has 1 aliphatic rings. The van der Waals surface area contributed by atoms with E-state index in [0.717, 1.165) is 36.4 Å². The van der Waals surface area contributed by atoms with E-state index in [-0.39, 0.29) is 6.04 Å². The van der Waals surface area contributed by atoms with E-state index in [2.05, 4.69) is 5.32 Å². The lowest BCUT2D eigenvalue weighted by Gasteiger charge is -2.08. The van der Waals surface area contributed by atoms with Gasteiger partial charge in [0.1, 0.15) is 5.78 Å². The lowest BCUT2D eigenvalue weighted by molar-refractivity contribution is -0.120. The first kappa shape index (κ1) is 11.6. The predicted molar refractivity (Wildman–Crippen MR) is 65.8 cm³/mol. The molecule has 1 heterocycles. The van der Waals surface area contributed by atoms with Crippen LogP contribution in [0.3, 0.4) is 0 Å². The van der Waals surface area contributed by atoms with Crippen LogP contribution >= 0.6 is 11.6 Å². The summed E-state index contributed by atoms with van der Waals surface area (Å²) < 4.78 is 0. The molecule has 0 aromatic heterocycles. The van der Waals surface area contributed by atoms with Crippen LogP contribution in [0.4, 0.5) is 0 Å². The van der Waals surface area contributed by atoms with Crippen molar-refractivity contribution >= 4 is 17.4 Å². The van der Waals surface area contributed by atoms with Gasteiger partial charge in [0.25, 0.3) is 0 Å². The number of aryl methyl sites for hydroxylation is 1. The van der Waals surface area contributed by atoms with Crippen LogP contribution in [0, 0.1) is 0 Å². The highest BCUT2D eigenvalue weighted by Crippen LogP contribution is 2.14. The number of hydrogen-bond donors (Lipinski definition) is 1. The van der Waals surface area contributed by atoms with Crippen molar-refractivity contribution in [1.82, 2.24) is 5.32 Å². The Balaban J connectivity index is 1.84. The fourth-order valence-electron chi connectivity index (χ4n) is 2.09. The molecule has 1 aromatic rings. The summed E-state index contributed by atoms with van der Waals surface area (Å²) >= 11 is 5.89. The maximum atomic E-state index is 11.8. The van der Waals surface area contributed by atoms with Gasteiger partial charge in [-0.1, -0.05) is 23.7 Å². The van der Waals surface area contributed by atoms with Crippen LogP contribution in [0.2, 0.25) is 5.02 Å². The van der Waals surface area contributed by atoms with Gasteiger partial charge in [0.15, 0.2) is 0 Å². The van der Waals surface area contributed by atoms with Crippen molar-refractivity contribution in [2.45, 2.75) is 31.7 Å². The van der Waals surface area contributed by atoms with Crippen molar-refractivity contribution in [1.29, 1.82) is 0 Å².